The van der Waals surface area contributed by atoms with Gasteiger partial charge < -0.3 is 4.74 Å². The van der Waals surface area contributed by atoms with Gasteiger partial charge in [-0.05, 0) is 39.2 Å². The lowest BCUT2D eigenvalue weighted by Crippen LogP contribution is -2.54. The van der Waals surface area contributed by atoms with E-state index in [1.54, 1.807) is 11.8 Å². The number of thioether (sulfide) groups is 1. The van der Waals surface area contributed by atoms with E-state index in [9.17, 15) is 9.59 Å². The summed E-state index contributed by atoms with van der Waals surface area (Å²) in [4.78, 5) is 28.0. The third-order valence-electron chi connectivity index (χ3n) is 6.06. The highest BCUT2D eigenvalue weighted by atomic mass is 32.2. The maximum absolute atomic E-state index is 12.7. The van der Waals surface area contributed by atoms with E-state index in [0.29, 0.717) is 13.2 Å². The quantitative estimate of drug-likeness (QED) is 0.327. The van der Waals surface area contributed by atoms with Crippen LogP contribution in [-0.2, 0) is 4.74 Å². The molecule has 0 N–H and O–H groups in total. The first-order valence-electron chi connectivity index (χ1n) is 11.5. The van der Waals surface area contributed by atoms with Crippen molar-refractivity contribution < 1.29 is 14.3 Å². The maximum Gasteiger partial charge on any atom is 0.193 e. The van der Waals surface area contributed by atoms with Gasteiger partial charge in [-0.3, -0.25) is 14.5 Å². The van der Waals surface area contributed by atoms with Gasteiger partial charge in [0.2, 0.25) is 0 Å². The minimum Gasteiger partial charge on any atom is -0.379 e. The van der Waals surface area contributed by atoms with Crippen LogP contribution in [0, 0.1) is 6.92 Å². The smallest absolute Gasteiger partial charge is 0.193 e. The van der Waals surface area contributed by atoms with E-state index < -0.39 is 5.54 Å². The second-order valence-electron chi connectivity index (χ2n) is 8.78. The number of hydrogen-bond acceptors (Lipinski definition) is 5. The van der Waals surface area contributed by atoms with E-state index in [1.165, 1.54) is 10.5 Å². The number of carbonyl (C=O) groups is 2. The molecule has 1 saturated heterocycles. The van der Waals surface area contributed by atoms with Crippen LogP contribution in [-0.4, -0.2) is 54.6 Å². The monoisotopic (exact) mass is 475 g/mol. The first-order valence-corrected chi connectivity index (χ1v) is 12.7. The number of Topliss-reactive ketones (excluding diaryl/α,β-unsaturated/α-hetero) is 1. The number of ether oxygens (including phenoxy) is 1. The summed E-state index contributed by atoms with van der Waals surface area (Å²) in [5.41, 5.74) is 2.96. The zero-order valence-electron chi connectivity index (χ0n) is 20.4. The summed E-state index contributed by atoms with van der Waals surface area (Å²) in [6, 6.07) is 24.8. The van der Waals surface area contributed by atoms with Crippen molar-refractivity contribution in [3.8, 4) is 0 Å². The first kappa shape index (κ1) is 25.9. The number of carbonyl (C=O) groups excluding carboxylic acids is 2. The third kappa shape index (κ3) is 6.66. The van der Waals surface area contributed by atoms with Crippen molar-refractivity contribution >= 4 is 23.3 Å². The van der Waals surface area contributed by atoms with Crippen molar-refractivity contribution in [1.82, 2.24) is 4.90 Å². The number of ketones is 2. The highest BCUT2D eigenvalue weighted by Crippen LogP contribution is 2.23. The first-order chi connectivity index (χ1) is 16.3. The van der Waals surface area contributed by atoms with Crippen molar-refractivity contribution in [2.75, 3.05) is 32.6 Å². The van der Waals surface area contributed by atoms with Gasteiger partial charge in [-0.2, -0.15) is 0 Å². The van der Waals surface area contributed by atoms with E-state index in [1.807, 2.05) is 106 Å². The molecule has 0 aromatic heterocycles. The molecule has 0 unspecified atom stereocenters. The molecule has 4 rings (SSSR count). The van der Waals surface area contributed by atoms with Crippen LogP contribution in [0.25, 0.3) is 0 Å². The molecule has 1 aliphatic rings. The second-order valence-corrected chi connectivity index (χ2v) is 9.66. The summed E-state index contributed by atoms with van der Waals surface area (Å²) in [6.45, 7) is 9.08. The fourth-order valence-corrected chi connectivity index (χ4v) is 4.23. The van der Waals surface area contributed by atoms with Gasteiger partial charge in [0.25, 0.3) is 0 Å². The molecule has 1 aliphatic heterocycles. The summed E-state index contributed by atoms with van der Waals surface area (Å²) in [6.07, 6.45) is 2.04. The van der Waals surface area contributed by atoms with Gasteiger partial charge in [0.05, 0.1) is 18.8 Å². The molecular formula is C29H33NO3S. The lowest BCUT2D eigenvalue weighted by molar-refractivity contribution is -0.00430. The molecule has 0 saturated carbocycles. The molecule has 3 aromatic rings. The highest BCUT2D eigenvalue weighted by Gasteiger charge is 2.35. The van der Waals surface area contributed by atoms with E-state index in [-0.39, 0.29) is 11.6 Å². The van der Waals surface area contributed by atoms with Gasteiger partial charge >= 0.3 is 0 Å². The van der Waals surface area contributed by atoms with Gasteiger partial charge in [-0.25, -0.2) is 0 Å². The average Bonchev–Trinajstić information content (AvgIpc) is 2.89. The van der Waals surface area contributed by atoms with Crippen molar-refractivity contribution in [3.05, 3.63) is 101 Å². The zero-order valence-corrected chi connectivity index (χ0v) is 21.2. The minimum absolute atomic E-state index is 0.0793. The second kappa shape index (κ2) is 12.1. The normalized spacial score (nSPS) is 14.1. The maximum atomic E-state index is 12.7. The molecule has 0 atom stereocenters. The Kier molecular flexibility index (Phi) is 9.22. The molecule has 34 heavy (non-hydrogen) atoms. The Bertz CT molecular complexity index is 1070. The lowest BCUT2D eigenvalue weighted by Gasteiger charge is -2.39. The highest BCUT2D eigenvalue weighted by molar-refractivity contribution is 7.98. The Morgan fingerprint density at radius 1 is 0.794 bits per heavy atom. The predicted octanol–water partition coefficient (Wildman–Crippen LogP) is 5.93. The van der Waals surface area contributed by atoms with Crippen LogP contribution < -0.4 is 0 Å². The molecule has 1 heterocycles. The summed E-state index contributed by atoms with van der Waals surface area (Å²) in [7, 11) is 0. The summed E-state index contributed by atoms with van der Waals surface area (Å²) in [5, 5.41) is 0. The number of benzene rings is 3. The predicted molar refractivity (Wildman–Crippen MR) is 140 cm³/mol. The molecule has 1 fully saturated rings. The van der Waals surface area contributed by atoms with E-state index in [4.69, 9.17) is 4.74 Å². The molecule has 4 nitrogen and oxygen atoms in total. The number of morpholine rings is 1. The molecule has 3 aromatic carbocycles. The van der Waals surface area contributed by atoms with Crippen molar-refractivity contribution in [2.24, 2.45) is 0 Å². The van der Waals surface area contributed by atoms with Crippen LogP contribution >= 0.6 is 11.8 Å². The van der Waals surface area contributed by atoms with Gasteiger partial charge in [0, 0.05) is 34.7 Å². The molecule has 5 heteroatoms. The van der Waals surface area contributed by atoms with Gasteiger partial charge in [-0.15, -0.1) is 11.8 Å². The summed E-state index contributed by atoms with van der Waals surface area (Å²) in [5.74, 6) is 0.262. The molecule has 0 spiro atoms. The fourth-order valence-electron chi connectivity index (χ4n) is 3.82. The summed E-state index contributed by atoms with van der Waals surface area (Å²) >= 11 is 1.69. The van der Waals surface area contributed by atoms with Gasteiger partial charge in [0.15, 0.2) is 11.6 Å². The van der Waals surface area contributed by atoms with Crippen LogP contribution in [0.5, 0.6) is 0 Å². The number of hydrogen-bond donors (Lipinski definition) is 0. The SMILES string of the molecule is CSc1ccc(C(=O)C(C)(C)N2CCOCC2)cc1.Cc1ccc(C(=O)c2ccccc2)cc1. The standard InChI is InChI=1S/C15H21NO2S.C14H12O/c1-15(2,16-8-10-18-11-9-16)14(17)12-4-6-13(19-3)7-5-12;1-11-7-9-13(10-8-11)14(15)12-5-3-2-4-6-12/h4-7H,8-11H2,1-3H3;2-10H,1H3. The molecule has 178 valence electrons. The lowest BCUT2D eigenvalue weighted by atomic mass is 9.91. The van der Waals surface area contributed by atoms with Crippen LogP contribution in [0.4, 0.5) is 0 Å². The Hall–Kier alpha value is -2.73. The van der Waals surface area contributed by atoms with Crippen LogP contribution in [0.2, 0.25) is 0 Å². The Morgan fingerprint density at radius 3 is 1.88 bits per heavy atom. The Labute approximate surface area is 207 Å². The third-order valence-corrected chi connectivity index (χ3v) is 6.80. The zero-order chi connectivity index (χ0) is 24.6. The molecule has 0 amide bonds. The van der Waals surface area contributed by atoms with Crippen LogP contribution in [0.1, 0.15) is 45.7 Å². The molecule has 0 aliphatic carbocycles. The Morgan fingerprint density at radius 2 is 1.32 bits per heavy atom. The molecular weight excluding hydrogens is 442 g/mol. The Balaban J connectivity index is 0.000000196. The van der Waals surface area contributed by atoms with Crippen LogP contribution in [0.3, 0.4) is 0 Å². The molecule has 0 bridgehead atoms. The van der Waals surface area contributed by atoms with E-state index >= 15 is 0 Å². The van der Waals surface area contributed by atoms with Crippen molar-refractivity contribution in [3.63, 3.8) is 0 Å². The topological polar surface area (TPSA) is 46.6 Å². The largest absolute Gasteiger partial charge is 0.379 e. The summed E-state index contributed by atoms with van der Waals surface area (Å²) < 4.78 is 5.35. The number of rotatable bonds is 6. The van der Waals surface area contributed by atoms with E-state index in [2.05, 4.69) is 4.90 Å². The van der Waals surface area contributed by atoms with Crippen molar-refractivity contribution in [1.29, 1.82) is 0 Å². The number of aryl methyl sites for hydroxylation is 1. The average molecular weight is 476 g/mol. The van der Waals surface area contributed by atoms with Gasteiger partial charge in [0.1, 0.15) is 0 Å². The minimum atomic E-state index is -0.468. The van der Waals surface area contributed by atoms with Gasteiger partial charge in [-0.1, -0.05) is 72.3 Å². The number of nitrogens with zero attached hydrogens (tertiary/aromatic N) is 1. The van der Waals surface area contributed by atoms with E-state index in [0.717, 1.165) is 29.8 Å². The molecule has 0 radical (unpaired) electrons. The van der Waals surface area contributed by atoms with Crippen molar-refractivity contribution in [2.45, 2.75) is 31.2 Å². The fraction of sp³-hybridized carbons (Fsp3) is 0.310. The van der Waals surface area contributed by atoms with Crippen LogP contribution in [0.15, 0.2) is 83.8 Å².